The highest BCUT2D eigenvalue weighted by atomic mass is 15.1. The first-order valence-corrected chi connectivity index (χ1v) is 10.2. The maximum absolute atomic E-state index is 2.36. The van der Waals surface area contributed by atoms with E-state index < -0.39 is 0 Å². The minimum Gasteiger partial charge on any atom is -0.310 e. The summed E-state index contributed by atoms with van der Waals surface area (Å²) in [6.45, 7) is 8.81. The first-order chi connectivity index (χ1) is 13.1. The van der Waals surface area contributed by atoms with Crippen LogP contribution in [0, 0.1) is 13.8 Å². The van der Waals surface area contributed by atoms with Gasteiger partial charge in [0.2, 0.25) is 0 Å². The van der Waals surface area contributed by atoms with E-state index in [4.69, 9.17) is 0 Å². The number of hydrogen-bond donors (Lipinski definition) is 0. The summed E-state index contributed by atoms with van der Waals surface area (Å²) >= 11 is 0. The SMILES string of the molecule is CCCc1ccc(N(c2ccc(CCC)cc2)c2ccc(C)c(C)c2)cc1. The number of benzene rings is 3. The second-order valence-corrected chi connectivity index (χ2v) is 7.44. The zero-order valence-electron chi connectivity index (χ0n) is 17.1. The molecule has 0 saturated heterocycles. The van der Waals surface area contributed by atoms with Crippen molar-refractivity contribution >= 4 is 17.1 Å². The van der Waals surface area contributed by atoms with Crippen molar-refractivity contribution in [3.8, 4) is 0 Å². The molecule has 1 nitrogen and oxygen atoms in total. The van der Waals surface area contributed by atoms with Crippen molar-refractivity contribution < 1.29 is 0 Å². The number of nitrogens with zero attached hydrogens (tertiary/aromatic N) is 1. The van der Waals surface area contributed by atoms with Crippen LogP contribution in [0.2, 0.25) is 0 Å². The van der Waals surface area contributed by atoms with Crippen LogP contribution in [-0.2, 0) is 12.8 Å². The molecular formula is C26H31N. The molecule has 0 aromatic heterocycles. The molecule has 1 heteroatoms. The zero-order valence-corrected chi connectivity index (χ0v) is 17.1. The van der Waals surface area contributed by atoms with E-state index in [0.717, 1.165) is 12.8 Å². The smallest absolute Gasteiger partial charge is 0.0464 e. The van der Waals surface area contributed by atoms with Gasteiger partial charge in [-0.25, -0.2) is 0 Å². The first kappa shape index (κ1) is 19.2. The monoisotopic (exact) mass is 357 g/mol. The molecule has 0 bridgehead atoms. The number of anilines is 3. The highest BCUT2D eigenvalue weighted by Crippen LogP contribution is 2.35. The van der Waals surface area contributed by atoms with E-state index in [1.807, 2.05) is 0 Å². The molecule has 0 aliphatic carbocycles. The van der Waals surface area contributed by atoms with Gasteiger partial charge in [-0.05, 0) is 85.3 Å². The third-order valence-corrected chi connectivity index (χ3v) is 5.22. The molecule has 3 aromatic carbocycles. The number of hydrogen-bond acceptors (Lipinski definition) is 1. The molecule has 0 unspecified atom stereocenters. The first-order valence-electron chi connectivity index (χ1n) is 10.2. The van der Waals surface area contributed by atoms with E-state index in [1.165, 1.54) is 52.2 Å². The lowest BCUT2D eigenvalue weighted by Gasteiger charge is -2.26. The molecule has 140 valence electrons. The maximum atomic E-state index is 2.36. The molecule has 0 aliphatic rings. The van der Waals surface area contributed by atoms with Gasteiger partial charge in [-0.1, -0.05) is 57.0 Å². The van der Waals surface area contributed by atoms with Gasteiger partial charge in [0.05, 0.1) is 0 Å². The Hall–Kier alpha value is -2.54. The van der Waals surface area contributed by atoms with Crippen molar-refractivity contribution in [2.45, 2.75) is 53.4 Å². The molecule has 27 heavy (non-hydrogen) atoms. The lowest BCUT2D eigenvalue weighted by Crippen LogP contribution is -2.10. The minimum absolute atomic E-state index is 1.13. The molecule has 0 radical (unpaired) electrons. The van der Waals surface area contributed by atoms with E-state index >= 15 is 0 Å². The Kier molecular flexibility index (Phi) is 6.34. The molecule has 0 fully saturated rings. The fourth-order valence-electron chi connectivity index (χ4n) is 3.51. The van der Waals surface area contributed by atoms with Gasteiger partial charge in [0, 0.05) is 17.1 Å². The highest BCUT2D eigenvalue weighted by molar-refractivity contribution is 5.77. The summed E-state index contributed by atoms with van der Waals surface area (Å²) in [6.07, 6.45) is 4.63. The quantitative estimate of drug-likeness (QED) is 0.419. The van der Waals surface area contributed by atoms with E-state index in [-0.39, 0.29) is 0 Å². The highest BCUT2D eigenvalue weighted by Gasteiger charge is 2.13. The van der Waals surface area contributed by atoms with E-state index in [9.17, 15) is 0 Å². The van der Waals surface area contributed by atoms with Crippen LogP contribution in [-0.4, -0.2) is 0 Å². The Morgan fingerprint density at radius 1 is 0.556 bits per heavy atom. The van der Waals surface area contributed by atoms with Crippen LogP contribution in [0.5, 0.6) is 0 Å². The van der Waals surface area contributed by atoms with Crippen molar-refractivity contribution in [2.75, 3.05) is 4.90 Å². The molecule has 0 aliphatic heterocycles. The Labute approximate surface area is 164 Å². The van der Waals surface area contributed by atoms with Crippen LogP contribution in [0.15, 0.2) is 66.7 Å². The molecule has 0 amide bonds. The maximum Gasteiger partial charge on any atom is 0.0464 e. The van der Waals surface area contributed by atoms with Crippen LogP contribution in [0.25, 0.3) is 0 Å². The lowest BCUT2D eigenvalue weighted by atomic mass is 10.1. The normalized spacial score (nSPS) is 10.8. The van der Waals surface area contributed by atoms with Crippen LogP contribution in [0.1, 0.15) is 48.9 Å². The molecule has 3 rings (SSSR count). The Morgan fingerprint density at radius 3 is 1.41 bits per heavy atom. The summed E-state index contributed by atoms with van der Waals surface area (Å²) in [7, 11) is 0. The summed E-state index contributed by atoms with van der Waals surface area (Å²) in [5, 5.41) is 0. The van der Waals surface area contributed by atoms with Crippen LogP contribution in [0.4, 0.5) is 17.1 Å². The number of rotatable bonds is 7. The van der Waals surface area contributed by atoms with Crippen LogP contribution in [0.3, 0.4) is 0 Å². The average Bonchev–Trinajstić information content (AvgIpc) is 2.68. The van der Waals surface area contributed by atoms with Crippen LogP contribution < -0.4 is 4.90 Å². The molecule has 0 atom stereocenters. The van der Waals surface area contributed by atoms with E-state index in [1.54, 1.807) is 0 Å². The Morgan fingerprint density at radius 2 is 1.00 bits per heavy atom. The molecular weight excluding hydrogens is 326 g/mol. The molecule has 0 spiro atoms. The predicted molar refractivity (Wildman–Crippen MR) is 119 cm³/mol. The van der Waals surface area contributed by atoms with Crippen molar-refractivity contribution in [3.63, 3.8) is 0 Å². The third kappa shape index (κ3) is 4.60. The van der Waals surface area contributed by atoms with Crippen molar-refractivity contribution in [1.82, 2.24) is 0 Å². The molecule has 3 aromatic rings. The average molecular weight is 358 g/mol. The summed E-state index contributed by atoms with van der Waals surface area (Å²) < 4.78 is 0. The van der Waals surface area contributed by atoms with Gasteiger partial charge in [-0.15, -0.1) is 0 Å². The van der Waals surface area contributed by atoms with Gasteiger partial charge < -0.3 is 4.90 Å². The second-order valence-electron chi connectivity index (χ2n) is 7.44. The summed E-state index contributed by atoms with van der Waals surface area (Å²) in [6, 6.07) is 24.8. The van der Waals surface area contributed by atoms with Gasteiger partial charge in [0.25, 0.3) is 0 Å². The van der Waals surface area contributed by atoms with Crippen molar-refractivity contribution in [2.24, 2.45) is 0 Å². The van der Waals surface area contributed by atoms with E-state index in [2.05, 4.69) is 99.3 Å². The molecule has 0 saturated carbocycles. The predicted octanol–water partition coefficient (Wildman–Crippen LogP) is 7.68. The summed E-state index contributed by atoms with van der Waals surface area (Å²) in [4.78, 5) is 2.36. The topological polar surface area (TPSA) is 3.24 Å². The van der Waals surface area contributed by atoms with Gasteiger partial charge in [-0.2, -0.15) is 0 Å². The third-order valence-electron chi connectivity index (χ3n) is 5.22. The Balaban J connectivity index is 2.03. The fraction of sp³-hybridized carbons (Fsp3) is 0.308. The van der Waals surface area contributed by atoms with Gasteiger partial charge >= 0.3 is 0 Å². The zero-order chi connectivity index (χ0) is 19.2. The van der Waals surface area contributed by atoms with Gasteiger partial charge in [0.15, 0.2) is 0 Å². The summed E-state index contributed by atoms with van der Waals surface area (Å²) in [5.41, 5.74) is 9.09. The fourth-order valence-corrected chi connectivity index (χ4v) is 3.51. The van der Waals surface area contributed by atoms with Gasteiger partial charge in [0.1, 0.15) is 0 Å². The van der Waals surface area contributed by atoms with E-state index in [0.29, 0.717) is 0 Å². The van der Waals surface area contributed by atoms with Gasteiger partial charge in [-0.3, -0.25) is 0 Å². The largest absolute Gasteiger partial charge is 0.310 e. The summed E-state index contributed by atoms with van der Waals surface area (Å²) in [5.74, 6) is 0. The lowest BCUT2D eigenvalue weighted by molar-refractivity contribution is 0.921. The molecule has 0 heterocycles. The van der Waals surface area contributed by atoms with Crippen molar-refractivity contribution in [3.05, 3.63) is 89.0 Å². The number of aryl methyl sites for hydroxylation is 4. The minimum atomic E-state index is 1.13. The molecule has 0 N–H and O–H groups in total. The standard InChI is InChI=1S/C26H31N/c1-5-7-22-10-15-24(16-11-22)27(26-14-9-20(3)21(4)19-26)25-17-12-23(8-6-2)13-18-25/h9-19H,5-8H2,1-4H3. The van der Waals surface area contributed by atoms with Crippen LogP contribution >= 0.6 is 0 Å². The van der Waals surface area contributed by atoms with Crippen molar-refractivity contribution in [1.29, 1.82) is 0 Å². The second kappa shape index (κ2) is 8.90. The Bertz CT molecular complexity index is 810.